The summed E-state index contributed by atoms with van der Waals surface area (Å²) in [5.41, 5.74) is 0.114. The molecule has 0 radical (unpaired) electrons. The maximum absolute atomic E-state index is 11.9. The summed E-state index contributed by atoms with van der Waals surface area (Å²) in [6, 6.07) is 9.59. The molecule has 0 aliphatic rings. The average Bonchev–Trinajstić information content (AvgIpc) is 2.37. The van der Waals surface area contributed by atoms with E-state index in [4.69, 9.17) is 4.74 Å². The number of esters is 1. The van der Waals surface area contributed by atoms with E-state index in [0.717, 1.165) is 5.56 Å². The molecule has 4 heteroatoms. The fourth-order valence-electron chi connectivity index (χ4n) is 1.21. The first-order valence-electron chi connectivity index (χ1n) is 5.58. The first-order valence-corrected chi connectivity index (χ1v) is 6.82. The van der Waals surface area contributed by atoms with Gasteiger partial charge in [0.2, 0.25) is 0 Å². The van der Waals surface area contributed by atoms with Gasteiger partial charge in [0.15, 0.2) is 5.54 Å². The molecule has 3 nitrogen and oxygen atoms in total. The Kier molecular flexibility index (Phi) is 6.04. The number of ether oxygens (including phenoxy) is 1. The van der Waals surface area contributed by atoms with Crippen molar-refractivity contribution in [2.45, 2.75) is 26.0 Å². The Hall–Kier alpha value is -1.17. The van der Waals surface area contributed by atoms with E-state index in [1.807, 2.05) is 34.4 Å². The summed E-state index contributed by atoms with van der Waals surface area (Å²) < 4.78 is 7.07. The summed E-state index contributed by atoms with van der Waals surface area (Å²) in [6.07, 6.45) is 3.38. The number of aliphatic imine (C=N–C) groups is 1. The minimum atomic E-state index is -0.856. The second-order valence-corrected chi connectivity index (χ2v) is 4.94. The predicted octanol–water partition coefficient (Wildman–Crippen LogP) is 3.53. The molecule has 0 saturated carbocycles. The number of halogens is 1. The molecular formula is C14H16INO2. The molecule has 18 heavy (non-hydrogen) atoms. The molecule has 0 atom stereocenters. The zero-order valence-corrected chi connectivity index (χ0v) is 12.6. The fourth-order valence-corrected chi connectivity index (χ4v) is 1.40. The van der Waals surface area contributed by atoms with Crippen molar-refractivity contribution in [3.05, 3.63) is 46.1 Å². The van der Waals surface area contributed by atoms with Gasteiger partial charge in [0.05, 0.1) is 0 Å². The zero-order chi connectivity index (χ0) is 13.4. The van der Waals surface area contributed by atoms with E-state index in [1.165, 1.54) is 0 Å². The molecule has 1 aromatic rings. The van der Waals surface area contributed by atoms with Crippen molar-refractivity contribution < 1.29 is 9.53 Å². The highest BCUT2D eigenvalue weighted by atomic mass is 127. The van der Waals surface area contributed by atoms with Crippen LogP contribution in [0.15, 0.2) is 45.5 Å². The van der Waals surface area contributed by atoms with E-state index in [-0.39, 0.29) is 12.6 Å². The molecule has 0 fully saturated rings. The SMILES string of the molecule is CC(C)(/N=C\C=C/I)C(=O)OCc1ccccc1. The molecule has 0 unspecified atom stereocenters. The molecule has 1 rings (SSSR count). The summed E-state index contributed by atoms with van der Waals surface area (Å²) in [5.74, 6) is -0.329. The van der Waals surface area contributed by atoms with Gasteiger partial charge in [-0.1, -0.05) is 52.9 Å². The quantitative estimate of drug-likeness (QED) is 0.459. The van der Waals surface area contributed by atoms with Crippen LogP contribution in [0.1, 0.15) is 19.4 Å². The maximum Gasteiger partial charge on any atom is 0.333 e. The lowest BCUT2D eigenvalue weighted by Gasteiger charge is -2.17. The summed E-state index contributed by atoms with van der Waals surface area (Å²) >= 11 is 2.09. The molecule has 1 aromatic carbocycles. The Morgan fingerprint density at radius 2 is 2.06 bits per heavy atom. The van der Waals surface area contributed by atoms with E-state index < -0.39 is 5.54 Å². The summed E-state index contributed by atoms with van der Waals surface area (Å²) in [5, 5.41) is 0. The van der Waals surface area contributed by atoms with Gasteiger partial charge in [-0.3, -0.25) is 4.99 Å². The van der Waals surface area contributed by atoms with Gasteiger partial charge in [0.1, 0.15) is 6.61 Å². The van der Waals surface area contributed by atoms with Gasteiger partial charge in [-0.05, 0) is 29.6 Å². The molecule has 0 heterocycles. The normalized spacial score (nSPS) is 12.2. The van der Waals surface area contributed by atoms with Crippen molar-refractivity contribution >= 4 is 34.8 Å². The number of hydrogen-bond donors (Lipinski definition) is 0. The van der Waals surface area contributed by atoms with Gasteiger partial charge in [-0.25, -0.2) is 4.79 Å². The van der Waals surface area contributed by atoms with Crippen molar-refractivity contribution in [2.24, 2.45) is 4.99 Å². The third-order valence-corrected chi connectivity index (χ3v) is 2.68. The Bertz CT molecular complexity index is 438. The van der Waals surface area contributed by atoms with Crippen molar-refractivity contribution in [1.82, 2.24) is 0 Å². The highest BCUT2D eigenvalue weighted by Gasteiger charge is 2.27. The molecule has 0 spiro atoms. The van der Waals surface area contributed by atoms with Crippen LogP contribution in [0.2, 0.25) is 0 Å². The molecule has 0 aliphatic heterocycles. The van der Waals surface area contributed by atoms with Crippen molar-refractivity contribution in [1.29, 1.82) is 0 Å². The lowest BCUT2D eigenvalue weighted by atomic mass is 10.1. The van der Waals surface area contributed by atoms with E-state index in [2.05, 4.69) is 27.6 Å². The first kappa shape index (κ1) is 14.9. The minimum absolute atomic E-state index is 0.279. The van der Waals surface area contributed by atoms with Gasteiger partial charge in [-0.2, -0.15) is 0 Å². The lowest BCUT2D eigenvalue weighted by Crippen LogP contribution is -2.31. The van der Waals surface area contributed by atoms with Gasteiger partial charge < -0.3 is 4.74 Å². The van der Waals surface area contributed by atoms with Crippen LogP contribution in [0, 0.1) is 0 Å². The van der Waals surface area contributed by atoms with Crippen LogP contribution in [-0.4, -0.2) is 17.7 Å². The Morgan fingerprint density at radius 1 is 1.39 bits per heavy atom. The van der Waals surface area contributed by atoms with Crippen LogP contribution in [0.5, 0.6) is 0 Å². The summed E-state index contributed by atoms with van der Waals surface area (Å²) in [7, 11) is 0. The van der Waals surface area contributed by atoms with Crippen molar-refractivity contribution in [3.63, 3.8) is 0 Å². The van der Waals surface area contributed by atoms with Crippen LogP contribution in [0.25, 0.3) is 0 Å². The molecule has 0 aromatic heterocycles. The highest BCUT2D eigenvalue weighted by molar-refractivity contribution is 14.1. The number of benzene rings is 1. The molecule has 96 valence electrons. The molecule has 0 aliphatic carbocycles. The fraction of sp³-hybridized carbons (Fsp3) is 0.286. The summed E-state index contributed by atoms with van der Waals surface area (Å²) in [4.78, 5) is 16.0. The van der Waals surface area contributed by atoms with E-state index in [1.54, 1.807) is 26.1 Å². The van der Waals surface area contributed by atoms with Gasteiger partial charge >= 0.3 is 5.97 Å². The number of carbonyl (C=O) groups is 1. The molecule has 0 amide bonds. The zero-order valence-electron chi connectivity index (χ0n) is 10.5. The van der Waals surface area contributed by atoms with Gasteiger partial charge in [0, 0.05) is 6.21 Å². The van der Waals surface area contributed by atoms with Crippen molar-refractivity contribution in [3.8, 4) is 0 Å². The predicted molar refractivity (Wildman–Crippen MR) is 82.0 cm³/mol. The molecule has 0 N–H and O–H groups in total. The lowest BCUT2D eigenvalue weighted by molar-refractivity contribution is -0.150. The third-order valence-electron chi connectivity index (χ3n) is 2.27. The van der Waals surface area contributed by atoms with Crippen molar-refractivity contribution in [2.75, 3.05) is 0 Å². The Morgan fingerprint density at radius 3 is 2.67 bits per heavy atom. The highest BCUT2D eigenvalue weighted by Crippen LogP contribution is 2.12. The van der Waals surface area contributed by atoms with Crippen LogP contribution in [0.4, 0.5) is 0 Å². The minimum Gasteiger partial charge on any atom is -0.459 e. The standard InChI is InChI=1S/C14H16INO2/c1-14(2,16-10-6-9-15)13(17)18-11-12-7-4-3-5-8-12/h3-10H,11H2,1-2H3/b9-6-,16-10-. The van der Waals surface area contributed by atoms with Gasteiger partial charge in [0.25, 0.3) is 0 Å². The average molecular weight is 357 g/mol. The van der Waals surface area contributed by atoms with Gasteiger partial charge in [-0.15, -0.1) is 0 Å². The number of carbonyl (C=O) groups excluding carboxylic acids is 1. The topological polar surface area (TPSA) is 38.7 Å². The summed E-state index contributed by atoms with van der Waals surface area (Å²) in [6.45, 7) is 3.75. The van der Waals surface area contributed by atoms with E-state index >= 15 is 0 Å². The first-order chi connectivity index (χ1) is 8.56. The number of hydrogen-bond acceptors (Lipinski definition) is 3. The number of allylic oxidation sites excluding steroid dienone is 1. The number of nitrogens with zero attached hydrogens (tertiary/aromatic N) is 1. The number of rotatable bonds is 5. The third kappa shape index (κ3) is 5.00. The second-order valence-electron chi connectivity index (χ2n) is 4.22. The van der Waals surface area contributed by atoms with Crippen LogP contribution < -0.4 is 0 Å². The second kappa shape index (κ2) is 7.31. The largest absolute Gasteiger partial charge is 0.459 e. The van der Waals surface area contributed by atoms with Crippen LogP contribution in [-0.2, 0) is 16.1 Å². The molecular weight excluding hydrogens is 341 g/mol. The molecule has 0 saturated heterocycles. The van der Waals surface area contributed by atoms with Crippen LogP contribution in [0.3, 0.4) is 0 Å². The Labute approximate surface area is 121 Å². The monoisotopic (exact) mass is 357 g/mol. The smallest absolute Gasteiger partial charge is 0.333 e. The van der Waals surface area contributed by atoms with E-state index in [0.29, 0.717) is 0 Å². The van der Waals surface area contributed by atoms with Crippen LogP contribution >= 0.6 is 22.6 Å². The maximum atomic E-state index is 11.9. The molecule has 0 bridgehead atoms. The van der Waals surface area contributed by atoms with E-state index in [9.17, 15) is 4.79 Å². The Balaban J connectivity index is 2.54.